The van der Waals surface area contributed by atoms with E-state index in [-0.39, 0.29) is 18.5 Å². The molecule has 6 heteroatoms. The van der Waals surface area contributed by atoms with Crippen LogP contribution in [0.3, 0.4) is 0 Å². The Labute approximate surface area is 167 Å². The number of piperazine rings is 1. The summed E-state index contributed by atoms with van der Waals surface area (Å²) in [5.74, 6) is 0.924. The fourth-order valence-corrected chi connectivity index (χ4v) is 3.73. The van der Waals surface area contributed by atoms with Gasteiger partial charge in [-0.1, -0.05) is 18.2 Å². The third-order valence-electron chi connectivity index (χ3n) is 5.19. The summed E-state index contributed by atoms with van der Waals surface area (Å²) in [5, 5.41) is 3.50. The van der Waals surface area contributed by atoms with Gasteiger partial charge in [0.05, 0.1) is 6.10 Å². The van der Waals surface area contributed by atoms with Crippen molar-refractivity contribution < 1.29 is 9.47 Å². The number of aromatic nitrogens is 1. The van der Waals surface area contributed by atoms with Crippen molar-refractivity contribution in [2.75, 3.05) is 32.8 Å². The molecule has 0 saturated carbocycles. The zero-order chi connectivity index (χ0) is 17.6. The van der Waals surface area contributed by atoms with E-state index in [0.29, 0.717) is 12.6 Å². The summed E-state index contributed by atoms with van der Waals surface area (Å²) in [6, 6.07) is 13.0. The normalized spacial score (nSPS) is 23.0. The number of benzene rings is 1. The maximum absolute atomic E-state index is 5.87. The predicted octanol–water partition coefficient (Wildman–Crippen LogP) is 3.21. The SMILES string of the molecule is Cl.c1cncc(C2CNCCN2Cc2ccc(OCC3CCCO3)cc2)c1. The Hall–Kier alpha value is -1.66. The minimum absolute atomic E-state index is 0. The lowest BCUT2D eigenvalue weighted by Gasteiger charge is -2.36. The summed E-state index contributed by atoms with van der Waals surface area (Å²) in [6.45, 7) is 5.49. The molecule has 4 rings (SSSR count). The first-order chi connectivity index (χ1) is 12.9. The molecule has 3 heterocycles. The maximum atomic E-state index is 5.87. The highest BCUT2D eigenvalue weighted by Gasteiger charge is 2.24. The molecule has 0 radical (unpaired) electrons. The summed E-state index contributed by atoms with van der Waals surface area (Å²) in [5.41, 5.74) is 2.58. The van der Waals surface area contributed by atoms with Gasteiger partial charge in [-0.3, -0.25) is 9.88 Å². The Balaban J connectivity index is 0.00000210. The second-order valence-corrected chi connectivity index (χ2v) is 7.07. The van der Waals surface area contributed by atoms with Crippen LogP contribution >= 0.6 is 12.4 Å². The second-order valence-electron chi connectivity index (χ2n) is 7.07. The lowest BCUT2D eigenvalue weighted by atomic mass is 10.0. The Morgan fingerprint density at radius 3 is 2.85 bits per heavy atom. The fraction of sp³-hybridized carbons (Fsp3) is 0.476. The van der Waals surface area contributed by atoms with E-state index in [0.717, 1.165) is 51.4 Å². The van der Waals surface area contributed by atoms with Crippen molar-refractivity contribution in [3.8, 4) is 5.75 Å². The van der Waals surface area contributed by atoms with Crippen LogP contribution in [0.1, 0.15) is 30.0 Å². The van der Waals surface area contributed by atoms with E-state index in [1.165, 1.54) is 11.1 Å². The van der Waals surface area contributed by atoms with Crippen molar-refractivity contribution in [3.63, 3.8) is 0 Å². The van der Waals surface area contributed by atoms with Gasteiger partial charge in [-0.25, -0.2) is 0 Å². The molecular weight excluding hydrogens is 362 g/mol. The smallest absolute Gasteiger partial charge is 0.119 e. The van der Waals surface area contributed by atoms with E-state index < -0.39 is 0 Å². The van der Waals surface area contributed by atoms with Crippen LogP contribution in [0.2, 0.25) is 0 Å². The van der Waals surface area contributed by atoms with Gasteiger partial charge in [0.25, 0.3) is 0 Å². The van der Waals surface area contributed by atoms with Gasteiger partial charge < -0.3 is 14.8 Å². The predicted molar refractivity (Wildman–Crippen MR) is 108 cm³/mol. The monoisotopic (exact) mass is 389 g/mol. The molecule has 1 N–H and O–H groups in total. The molecule has 0 bridgehead atoms. The minimum Gasteiger partial charge on any atom is -0.491 e. The van der Waals surface area contributed by atoms with Crippen molar-refractivity contribution >= 4 is 12.4 Å². The van der Waals surface area contributed by atoms with Crippen LogP contribution in [0.15, 0.2) is 48.8 Å². The topological polar surface area (TPSA) is 46.6 Å². The van der Waals surface area contributed by atoms with Gasteiger partial charge in [0.15, 0.2) is 0 Å². The summed E-state index contributed by atoms with van der Waals surface area (Å²) in [6.07, 6.45) is 6.33. The third kappa shape index (κ3) is 5.42. The second kappa shape index (κ2) is 10.0. The first-order valence-corrected chi connectivity index (χ1v) is 9.56. The molecule has 1 aromatic heterocycles. The van der Waals surface area contributed by atoms with Gasteiger partial charge >= 0.3 is 0 Å². The lowest BCUT2D eigenvalue weighted by molar-refractivity contribution is 0.0679. The number of nitrogens with zero attached hydrogens (tertiary/aromatic N) is 2. The Bertz CT molecular complexity index is 678. The first-order valence-electron chi connectivity index (χ1n) is 9.56. The Morgan fingerprint density at radius 2 is 2.11 bits per heavy atom. The van der Waals surface area contributed by atoms with E-state index in [2.05, 4.69) is 45.5 Å². The molecule has 2 unspecified atom stereocenters. The molecule has 2 aliphatic rings. The van der Waals surface area contributed by atoms with Gasteiger partial charge in [0.1, 0.15) is 12.4 Å². The van der Waals surface area contributed by atoms with E-state index >= 15 is 0 Å². The fourth-order valence-electron chi connectivity index (χ4n) is 3.73. The molecular formula is C21H28ClN3O2. The highest BCUT2D eigenvalue weighted by Crippen LogP contribution is 2.24. The molecule has 2 aromatic rings. The molecule has 0 spiro atoms. The van der Waals surface area contributed by atoms with Crippen LogP contribution in [0.5, 0.6) is 5.75 Å². The zero-order valence-corrected chi connectivity index (χ0v) is 16.4. The Morgan fingerprint density at radius 1 is 1.22 bits per heavy atom. The van der Waals surface area contributed by atoms with Crippen LogP contribution < -0.4 is 10.1 Å². The number of halogens is 1. The quantitative estimate of drug-likeness (QED) is 0.822. The summed E-state index contributed by atoms with van der Waals surface area (Å²) in [4.78, 5) is 6.81. The molecule has 2 atom stereocenters. The van der Waals surface area contributed by atoms with Gasteiger partial charge in [0.2, 0.25) is 0 Å². The van der Waals surface area contributed by atoms with Crippen molar-refractivity contribution in [2.45, 2.75) is 31.5 Å². The third-order valence-corrected chi connectivity index (χ3v) is 5.19. The number of ether oxygens (including phenoxy) is 2. The number of hydrogen-bond donors (Lipinski definition) is 1. The van der Waals surface area contributed by atoms with Crippen LogP contribution in [0.4, 0.5) is 0 Å². The maximum Gasteiger partial charge on any atom is 0.119 e. The number of rotatable bonds is 6. The molecule has 146 valence electrons. The summed E-state index contributed by atoms with van der Waals surface area (Å²) in [7, 11) is 0. The van der Waals surface area contributed by atoms with Gasteiger partial charge in [-0.2, -0.15) is 0 Å². The molecule has 0 amide bonds. The molecule has 27 heavy (non-hydrogen) atoms. The van der Waals surface area contributed by atoms with Gasteiger partial charge in [-0.05, 0) is 42.2 Å². The molecule has 1 aromatic carbocycles. The molecule has 2 saturated heterocycles. The van der Waals surface area contributed by atoms with Crippen LogP contribution in [-0.4, -0.2) is 48.8 Å². The lowest BCUT2D eigenvalue weighted by Crippen LogP contribution is -2.45. The molecule has 2 aliphatic heterocycles. The molecule has 0 aliphatic carbocycles. The van der Waals surface area contributed by atoms with Crippen LogP contribution in [0.25, 0.3) is 0 Å². The highest BCUT2D eigenvalue weighted by molar-refractivity contribution is 5.85. The summed E-state index contributed by atoms with van der Waals surface area (Å²) >= 11 is 0. The van der Waals surface area contributed by atoms with Crippen molar-refractivity contribution in [1.82, 2.24) is 15.2 Å². The Kier molecular flexibility index (Phi) is 7.47. The highest BCUT2D eigenvalue weighted by atomic mass is 35.5. The van der Waals surface area contributed by atoms with Gasteiger partial charge in [-0.15, -0.1) is 12.4 Å². The zero-order valence-electron chi connectivity index (χ0n) is 15.5. The van der Waals surface area contributed by atoms with E-state index in [1.54, 1.807) is 0 Å². The number of nitrogens with one attached hydrogen (secondary N) is 1. The average Bonchev–Trinajstić information content (AvgIpc) is 3.22. The van der Waals surface area contributed by atoms with E-state index in [1.807, 2.05) is 18.5 Å². The summed E-state index contributed by atoms with van der Waals surface area (Å²) < 4.78 is 11.5. The van der Waals surface area contributed by atoms with Crippen molar-refractivity contribution in [3.05, 3.63) is 59.9 Å². The van der Waals surface area contributed by atoms with Crippen LogP contribution in [0, 0.1) is 0 Å². The van der Waals surface area contributed by atoms with Crippen LogP contribution in [-0.2, 0) is 11.3 Å². The number of hydrogen-bond acceptors (Lipinski definition) is 5. The van der Waals surface area contributed by atoms with Crippen molar-refractivity contribution in [2.24, 2.45) is 0 Å². The molecule has 2 fully saturated rings. The van der Waals surface area contributed by atoms with Gasteiger partial charge in [0, 0.05) is 51.2 Å². The first kappa shape index (κ1) is 20.1. The van der Waals surface area contributed by atoms with Crippen molar-refractivity contribution in [1.29, 1.82) is 0 Å². The molecule has 5 nitrogen and oxygen atoms in total. The van der Waals surface area contributed by atoms with E-state index in [4.69, 9.17) is 9.47 Å². The standard InChI is InChI=1S/C21H27N3O2.ClH/c1-3-18(13-22-9-1)21-14-23-10-11-24(21)15-17-5-7-19(8-6-17)26-16-20-4-2-12-25-20;/h1,3,5-9,13,20-21,23H,2,4,10-12,14-16H2;1H. The number of pyridine rings is 1. The largest absolute Gasteiger partial charge is 0.491 e. The minimum atomic E-state index is 0. The van der Waals surface area contributed by atoms with E-state index in [9.17, 15) is 0 Å². The average molecular weight is 390 g/mol.